The van der Waals surface area contributed by atoms with Crippen LogP contribution in [0.3, 0.4) is 0 Å². The summed E-state index contributed by atoms with van der Waals surface area (Å²) >= 11 is 11.8. The minimum atomic E-state index is -0.356. The predicted molar refractivity (Wildman–Crippen MR) is 77.7 cm³/mol. The summed E-state index contributed by atoms with van der Waals surface area (Å²) in [4.78, 5) is 24.2. The first-order valence-corrected chi connectivity index (χ1v) is 6.65. The first kappa shape index (κ1) is 14.8. The van der Waals surface area contributed by atoms with Crippen LogP contribution in [0.25, 0.3) is 0 Å². The molecule has 0 amide bonds. The summed E-state index contributed by atoms with van der Waals surface area (Å²) in [6, 6.07) is 4.60. The van der Waals surface area contributed by atoms with Gasteiger partial charge in [-0.1, -0.05) is 23.2 Å². The van der Waals surface area contributed by atoms with Gasteiger partial charge in [0.05, 0.1) is 22.7 Å². The van der Waals surface area contributed by atoms with Gasteiger partial charge < -0.3 is 0 Å². The third-order valence-electron chi connectivity index (χ3n) is 2.86. The molecular weight excluding hydrogens is 299 g/mol. The zero-order valence-corrected chi connectivity index (χ0v) is 12.5. The van der Waals surface area contributed by atoms with Crippen molar-refractivity contribution in [1.29, 1.82) is 0 Å². The smallest absolute Gasteiger partial charge is 0.174 e. The van der Waals surface area contributed by atoms with Crippen molar-refractivity contribution < 1.29 is 9.59 Å². The molecule has 0 fully saturated rings. The molecule has 104 valence electrons. The summed E-state index contributed by atoms with van der Waals surface area (Å²) in [6.07, 6.45) is 1.34. The van der Waals surface area contributed by atoms with Gasteiger partial charge in [0.2, 0.25) is 0 Å². The number of rotatable bonds is 4. The maximum absolute atomic E-state index is 12.1. The van der Waals surface area contributed by atoms with Crippen LogP contribution in [0.4, 0.5) is 0 Å². The number of hydrogen-bond acceptors (Lipinski definition) is 3. The van der Waals surface area contributed by atoms with Crippen molar-refractivity contribution in [2.75, 3.05) is 0 Å². The van der Waals surface area contributed by atoms with Crippen LogP contribution < -0.4 is 0 Å². The third-order valence-corrected chi connectivity index (χ3v) is 3.43. The fourth-order valence-corrected chi connectivity index (χ4v) is 2.32. The lowest BCUT2D eigenvalue weighted by atomic mass is 10.0. The monoisotopic (exact) mass is 310 g/mol. The van der Waals surface area contributed by atoms with Gasteiger partial charge in [0.1, 0.15) is 0 Å². The molecule has 0 spiro atoms. The van der Waals surface area contributed by atoms with Crippen molar-refractivity contribution in [1.82, 2.24) is 9.78 Å². The number of Topliss-reactive ketones (excluding diaryl/α,β-unsaturated/α-hetero) is 2. The molecule has 0 atom stereocenters. The Labute approximate surface area is 126 Å². The number of aryl methyl sites for hydroxylation is 2. The molecule has 0 aliphatic rings. The fraction of sp³-hybridized carbons (Fsp3) is 0.214. The highest BCUT2D eigenvalue weighted by Crippen LogP contribution is 2.22. The van der Waals surface area contributed by atoms with E-state index in [1.165, 1.54) is 12.1 Å². The SMILES string of the molecule is Cc1nn(C)cc1C(=O)CC(=O)c1cc(Cl)ccc1Cl. The number of hydrogen-bond donors (Lipinski definition) is 0. The summed E-state index contributed by atoms with van der Waals surface area (Å²) in [6.45, 7) is 1.73. The van der Waals surface area contributed by atoms with Crippen LogP contribution in [0.5, 0.6) is 0 Å². The summed E-state index contributed by atoms with van der Waals surface area (Å²) in [5.74, 6) is -0.637. The molecule has 20 heavy (non-hydrogen) atoms. The Hall–Kier alpha value is -1.65. The normalized spacial score (nSPS) is 10.6. The molecule has 4 nitrogen and oxygen atoms in total. The van der Waals surface area contributed by atoms with Gasteiger partial charge in [-0.15, -0.1) is 0 Å². The molecule has 0 saturated carbocycles. The van der Waals surface area contributed by atoms with Crippen LogP contribution in [-0.2, 0) is 7.05 Å². The Bertz CT molecular complexity index is 692. The average Bonchev–Trinajstić information content (AvgIpc) is 2.71. The Morgan fingerprint density at radius 1 is 1.20 bits per heavy atom. The average molecular weight is 311 g/mol. The number of halogens is 2. The van der Waals surface area contributed by atoms with Crippen LogP contribution in [0.1, 0.15) is 32.8 Å². The van der Waals surface area contributed by atoms with Crippen LogP contribution in [0.15, 0.2) is 24.4 Å². The van der Waals surface area contributed by atoms with E-state index in [9.17, 15) is 9.59 Å². The maximum Gasteiger partial charge on any atom is 0.174 e. The molecule has 0 radical (unpaired) electrons. The van der Waals surface area contributed by atoms with Crippen molar-refractivity contribution in [3.05, 3.63) is 51.3 Å². The minimum absolute atomic E-state index is 0.257. The van der Waals surface area contributed by atoms with Crippen molar-refractivity contribution in [2.24, 2.45) is 7.05 Å². The molecule has 0 bridgehead atoms. The van der Waals surface area contributed by atoms with Crippen LogP contribution >= 0.6 is 23.2 Å². The number of benzene rings is 1. The molecular formula is C14H12Cl2N2O2. The van der Waals surface area contributed by atoms with Gasteiger partial charge in [-0.05, 0) is 25.1 Å². The van der Waals surface area contributed by atoms with E-state index in [-0.39, 0.29) is 28.6 Å². The fourth-order valence-electron chi connectivity index (χ4n) is 1.92. The number of ketones is 2. The molecule has 1 heterocycles. The molecule has 1 aromatic heterocycles. The van der Waals surface area contributed by atoms with E-state index in [0.717, 1.165) is 0 Å². The lowest BCUT2D eigenvalue weighted by Crippen LogP contribution is -2.09. The lowest BCUT2D eigenvalue weighted by Gasteiger charge is -2.03. The maximum atomic E-state index is 12.1. The molecule has 2 rings (SSSR count). The number of nitrogens with zero attached hydrogens (tertiary/aromatic N) is 2. The topological polar surface area (TPSA) is 52.0 Å². The summed E-state index contributed by atoms with van der Waals surface area (Å²) in [5, 5.41) is 4.77. The van der Waals surface area contributed by atoms with Gasteiger partial charge in [-0.3, -0.25) is 14.3 Å². The second kappa shape index (κ2) is 5.77. The van der Waals surface area contributed by atoms with E-state index in [1.54, 1.807) is 30.9 Å². The zero-order chi connectivity index (χ0) is 14.9. The van der Waals surface area contributed by atoms with E-state index in [1.807, 2.05) is 0 Å². The predicted octanol–water partition coefficient (Wildman–Crippen LogP) is 3.49. The van der Waals surface area contributed by atoms with Crippen molar-refractivity contribution in [3.8, 4) is 0 Å². The van der Waals surface area contributed by atoms with Gasteiger partial charge in [0.25, 0.3) is 0 Å². The molecule has 0 N–H and O–H groups in total. The van der Waals surface area contributed by atoms with Crippen molar-refractivity contribution in [2.45, 2.75) is 13.3 Å². The molecule has 0 saturated heterocycles. The number of aromatic nitrogens is 2. The van der Waals surface area contributed by atoms with Crippen molar-refractivity contribution in [3.63, 3.8) is 0 Å². The van der Waals surface area contributed by atoms with E-state index in [4.69, 9.17) is 23.2 Å². The van der Waals surface area contributed by atoms with E-state index in [2.05, 4.69) is 5.10 Å². The second-order valence-corrected chi connectivity index (χ2v) is 5.29. The molecule has 0 unspecified atom stereocenters. The summed E-state index contributed by atoms with van der Waals surface area (Å²) < 4.78 is 1.54. The van der Waals surface area contributed by atoms with E-state index < -0.39 is 0 Å². The third kappa shape index (κ3) is 3.08. The minimum Gasteiger partial charge on any atom is -0.294 e. The van der Waals surface area contributed by atoms with Crippen LogP contribution in [0, 0.1) is 6.92 Å². The summed E-state index contributed by atoms with van der Waals surface area (Å²) in [5.41, 5.74) is 1.30. The molecule has 2 aromatic rings. The van der Waals surface area contributed by atoms with Crippen LogP contribution in [0.2, 0.25) is 10.0 Å². The molecule has 0 aliphatic heterocycles. The van der Waals surface area contributed by atoms with E-state index in [0.29, 0.717) is 16.3 Å². The number of carbonyl (C=O) groups is 2. The molecule has 0 aliphatic carbocycles. The highest BCUT2D eigenvalue weighted by Gasteiger charge is 2.19. The summed E-state index contributed by atoms with van der Waals surface area (Å²) in [7, 11) is 1.72. The second-order valence-electron chi connectivity index (χ2n) is 4.45. The van der Waals surface area contributed by atoms with Gasteiger partial charge in [0.15, 0.2) is 11.6 Å². The lowest BCUT2D eigenvalue weighted by molar-refractivity contribution is 0.0894. The Morgan fingerprint density at radius 3 is 2.45 bits per heavy atom. The van der Waals surface area contributed by atoms with Gasteiger partial charge in [-0.2, -0.15) is 5.10 Å². The molecule has 6 heteroatoms. The van der Waals surface area contributed by atoms with Crippen molar-refractivity contribution >= 4 is 34.8 Å². The first-order valence-electron chi connectivity index (χ1n) is 5.90. The first-order chi connectivity index (χ1) is 9.38. The largest absolute Gasteiger partial charge is 0.294 e. The highest BCUT2D eigenvalue weighted by atomic mass is 35.5. The Morgan fingerprint density at radius 2 is 1.85 bits per heavy atom. The van der Waals surface area contributed by atoms with Crippen LogP contribution in [-0.4, -0.2) is 21.3 Å². The van der Waals surface area contributed by atoms with E-state index >= 15 is 0 Å². The van der Waals surface area contributed by atoms with Gasteiger partial charge in [0, 0.05) is 23.8 Å². The quantitative estimate of drug-likeness (QED) is 0.641. The Kier molecular flexibility index (Phi) is 4.26. The standard InChI is InChI=1S/C14H12Cl2N2O2/c1-8-11(7-18(2)17-8)14(20)6-13(19)10-5-9(15)3-4-12(10)16/h3-5,7H,6H2,1-2H3. The zero-order valence-electron chi connectivity index (χ0n) is 11.0. The Balaban J connectivity index is 2.21. The van der Waals surface area contributed by atoms with Gasteiger partial charge >= 0.3 is 0 Å². The highest BCUT2D eigenvalue weighted by molar-refractivity contribution is 6.36. The van der Waals surface area contributed by atoms with Gasteiger partial charge in [-0.25, -0.2) is 0 Å². The molecule has 1 aromatic carbocycles. The number of carbonyl (C=O) groups excluding carboxylic acids is 2.